The zero-order chi connectivity index (χ0) is 17.1. The highest BCUT2D eigenvalue weighted by Gasteiger charge is 2.08. The van der Waals surface area contributed by atoms with E-state index in [9.17, 15) is 4.79 Å². The van der Waals surface area contributed by atoms with E-state index >= 15 is 0 Å². The first-order valence-corrected chi connectivity index (χ1v) is 7.74. The Balaban J connectivity index is 1.43. The van der Waals surface area contributed by atoms with Crippen molar-refractivity contribution >= 4 is 16.9 Å². The minimum Gasteiger partial charge on any atom is -0.348 e. The van der Waals surface area contributed by atoms with E-state index in [1.165, 1.54) is 0 Å². The molecule has 25 heavy (non-hydrogen) atoms. The number of amides is 1. The summed E-state index contributed by atoms with van der Waals surface area (Å²) >= 11 is 0. The van der Waals surface area contributed by atoms with Gasteiger partial charge in [-0.1, -0.05) is 6.07 Å². The SMILES string of the molecule is O=C(NCc1ccc(-c2cccnc2)nc1)c1ccc2n[nH]nc2c1. The molecular formula is C18H14N6O. The maximum absolute atomic E-state index is 12.3. The molecule has 3 aromatic heterocycles. The van der Waals surface area contributed by atoms with Crippen LogP contribution < -0.4 is 5.32 Å². The van der Waals surface area contributed by atoms with Gasteiger partial charge >= 0.3 is 0 Å². The normalized spacial score (nSPS) is 10.7. The van der Waals surface area contributed by atoms with Crippen LogP contribution in [0.4, 0.5) is 0 Å². The van der Waals surface area contributed by atoms with Gasteiger partial charge < -0.3 is 5.32 Å². The third-order valence-corrected chi connectivity index (χ3v) is 3.81. The molecule has 0 aliphatic carbocycles. The summed E-state index contributed by atoms with van der Waals surface area (Å²) in [4.78, 5) is 20.8. The molecule has 0 fully saturated rings. The number of rotatable bonds is 4. The Bertz CT molecular complexity index is 1010. The van der Waals surface area contributed by atoms with Crippen molar-refractivity contribution in [2.45, 2.75) is 6.54 Å². The molecule has 0 spiro atoms. The van der Waals surface area contributed by atoms with Crippen molar-refractivity contribution in [3.8, 4) is 11.3 Å². The number of carbonyl (C=O) groups excluding carboxylic acids is 1. The van der Waals surface area contributed by atoms with Gasteiger partial charge in [0.1, 0.15) is 11.0 Å². The van der Waals surface area contributed by atoms with Gasteiger partial charge in [-0.25, -0.2) is 0 Å². The lowest BCUT2D eigenvalue weighted by Crippen LogP contribution is -2.22. The molecule has 0 aliphatic heterocycles. The number of benzene rings is 1. The summed E-state index contributed by atoms with van der Waals surface area (Å²) in [6.45, 7) is 0.399. The zero-order valence-electron chi connectivity index (χ0n) is 13.2. The van der Waals surface area contributed by atoms with Gasteiger partial charge in [0, 0.05) is 36.3 Å². The number of nitrogens with zero attached hydrogens (tertiary/aromatic N) is 4. The van der Waals surface area contributed by atoms with Crippen molar-refractivity contribution in [1.82, 2.24) is 30.7 Å². The molecule has 0 saturated heterocycles. The standard InChI is InChI=1S/C18H14N6O/c25-18(13-4-6-16-17(8-13)23-24-22-16)21-10-12-3-5-15(20-9-12)14-2-1-7-19-11-14/h1-9,11H,10H2,(H,21,25)(H,22,23,24). The molecule has 0 radical (unpaired) electrons. The number of fused-ring (bicyclic) bond motifs is 1. The average Bonchev–Trinajstić information content (AvgIpc) is 3.15. The van der Waals surface area contributed by atoms with E-state index in [0.717, 1.165) is 22.3 Å². The van der Waals surface area contributed by atoms with Gasteiger partial charge in [-0.05, 0) is 42.0 Å². The highest BCUT2D eigenvalue weighted by atomic mass is 16.1. The van der Waals surface area contributed by atoms with Gasteiger partial charge in [0.25, 0.3) is 5.91 Å². The number of hydrogen-bond acceptors (Lipinski definition) is 5. The smallest absolute Gasteiger partial charge is 0.251 e. The predicted molar refractivity (Wildman–Crippen MR) is 92.5 cm³/mol. The molecule has 1 amide bonds. The van der Waals surface area contributed by atoms with Crippen molar-refractivity contribution < 1.29 is 4.79 Å². The molecule has 4 rings (SSSR count). The second-order valence-corrected chi connectivity index (χ2v) is 5.50. The Kier molecular flexibility index (Phi) is 3.88. The zero-order valence-corrected chi connectivity index (χ0v) is 13.2. The molecule has 0 aliphatic rings. The summed E-state index contributed by atoms with van der Waals surface area (Å²) in [5, 5.41) is 13.4. The Morgan fingerprint density at radius 3 is 2.76 bits per heavy atom. The highest BCUT2D eigenvalue weighted by Crippen LogP contribution is 2.15. The van der Waals surface area contributed by atoms with Gasteiger partial charge in [0.05, 0.1) is 5.69 Å². The Labute approximate surface area is 143 Å². The van der Waals surface area contributed by atoms with Gasteiger partial charge in [-0.3, -0.25) is 14.8 Å². The van der Waals surface area contributed by atoms with Crippen LogP contribution >= 0.6 is 0 Å². The molecule has 7 heteroatoms. The highest BCUT2D eigenvalue weighted by molar-refractivity contribution is 5.97. The second-order valence-electron chi connectivity index (χ2n) is 5.50. The van der Waals surface area contributed by atoms with Crippen LogP contribution in [0.3, 0.4) is 0 Å². The van der Waals surface area contributed by atoms with Crippen LogP contribution in [0.1, 0.15) is 15.9 Å². The minimum absolute atomic E-state index is 0.166. The number of nitrogens with one attached hydrogen (secondary N) is 2. The van der Waals surface area contributed by atoms with Gasteiger partial charge in [0.2, 0.25) is 0 Å². The fraction of sp³-hybridized carbons (Fsp3) is 0.0556. The third-order valence-electron chi connectivity index (χ3n) is 3.81. The number of hydrogen-bond donors (Lipinski definition) is 2. The van der Waals surface area contributed by atoms with Crippen LogP contribution in [0.15, 0.2) is 61.1 Å². The van der Waals surface area contributed by atoms with Crippen LogP contribution in [0, 0.1) is 0 Å². The molecule has 0 atom stereocenters. The molecule has 0 unspecified atom stereocenters. The summed E-state index contributed by atoms with van der Waals surface area (Å²) in [5.41, 5.74) is 4.66. The molecule has 122 valence electrons. The first-order valence-electron chi connectivity index (χ1n) is 7.74. The van der Waals surface area contributed by atoms with Crippen molar-refractivity contribution in [3.05, 3.63) is 72.2 Å². The lowest BCUT2D eigenvalue weighted by atomic mass is 10.1. The summed E-state index contributed by atoms with van der Waals surface area (Å²) in [6.07, 6.45) is 5.25. The Hall–Kier alpha value is -3.61. The second kappa shape index (κ2) is 6.48. The minimum atomic E-state index is -0.166. The number of carbonyl (C=O) groups is 1. The Morgan fingerprint density at radius 2 is 1.96 bits per heavy atom. The van der Waals surface area contributed by atoms with E-state index in [2.05, 4.69) is 30.7 Å². The van der Waals surface area contributed by atoms with Gasteiger partial charge in [-0.2, -0.15) is 15.4 Å². The summed E-state index contributed by atoms with van der Waals surface area (Å²) < 4.78 is 0. The molecule has 2 N–H and O–H groups in total. The largest absolute Gasteiger partial charge is 0.348 e. The van der Waals surface area contributed by atoms with E-state index in [4.69, 9.17) is 0 Å². The van der Waals surface area contributed by atoms with E-state index in [1.54, 1.807) is 36.8 Å². The van der Waals surface area contributed by atoms with E-state index < -0.39 is 0 Å². The maximum atomic E-state index is 12.3. The van der Waals surface area contributed by atoms with Crippen LogP contribution in [0.5, 0.6) is 0 Å². The summed E-state index contributed by atoms with van der Waals surface area (Å²) in [6, 6.07) is 12.9. The van der Waals surface area contributed by atoms with Crippen molar-refractivity contribution in [2.24, 2.45) is 0 Å². The lowest BCUT2D eigenvalue weighted by molar-refractivity contribution is 0.0951. The molecule has 7 nitrogen and oxygen atoms in total. The Morgan fingerprint density at radius 1 is 1.04 bits per heavy atom. The first kappa shape index (κ1) is 14.9. The van der Waals surface area contributed by atoms with Gasteiger partial charge in [-0.15, -0.1) is 0 Å². The number of H-pyrrole nitrogens is 1. The quantitative estimate of drug-likeness (QED) is 0.599. The van der Waals surface area contributed by atoms with E-state index in [1.807, 2.05) is 24.3 Å². The van der Waals surface area contributed by atoms with E-state index in [-0.39, 0.29) is 5.91 Å². The van der Waals surface area contributed by atoms with Crippen LogP contribution in [0.2, 0.25) is 0 Å². The van der Waals surface area contributed by atoms with Crippen molar-refractivity contribution in [2.75, 3.05) is 0 Å². The average molecular weight is 330 g/mol. The van der Waals surface area contributed by atoms with E-state index in [0.29, 0.717) is 17.6 Å². The number of aromatic nitrogens is 5. The van der Waals surface area contributed by atoms with Crippen LogP contribution in [-0.2, 0) is 6.54 Å². The van der Waals surface area contributed by atoms with Gasteiger partial charge in [0.15, 0.2) is 0 Å². The fourth-order valence-electron chi connectivity index (χ4n) is 2.48. The topological polar surface area (TPSA) is 96.5 Å². The first-order chi connectivity index (χ1) is 12.3. The number of pyridine rings is 2. The number of aromatic amines is 1. The molecule has 1 aromatic carbocycles. The van der Waals surface area contributed by atoms with Crippen molar-refractivity contribution in [1.29, 1.82) is 0 Å². The summed E-state index contributed by atoms with van der Waals surface area (Å²) in [5.74, 6) is -0.166. The third kappa shape index (κ3) is 3.20. The molecule has 4 aromatic rings. The monoisotopic (exact) mass is 330 g/mol. The van der Waals surface area contributed by atoms with Crippen molar-refractivity contribution in [3.63, 3.8) is 0 Å². The lowest BCUT2D eigenvalue weighted by Gasteiger charge is -2.06. The fourth-order valence-corrected chi connectivity index (χ4v) is 2.48. The molecule has 3 heterocycles. The van der Waals surface area contributed by atoms with Crippen LogP contribution in [-0.4, -0.2) is 31.3 Å². The molecule has 0 saturated carbocycles. The molecule has 0 bridgehead atoms. The van der Waals surface area contributed by atoms with Crippen LogP contribution in [0.25, 0.3) is 22.3 Å². The summed E-state index contributed by atoms with van der Waals surface area (Å²) in [7, 11) is 0. The maximum Gasteiger partial charge on any atom is 0.251 e. The molecular weight excluding hydrogens is 316 g/mol. The predicted octanol–water partition coefficient (Wildman–Crippen LogP) is 2.34.